The summed E-state index contributed by atoms with van der Waals surface area (Å²) in [5, 5.41) is 5.11. The van der Waals surface area contributed by atoms with E-state index in [1.165, 1.54) is 32.1 Å². The van der Waals surface area contributed by atoms with Gasteiger partial charge in [-0.05, 0) is 31.2 Å². The van der Waals surface area contributed by atoms with Crippen molar-refractivity contribution in [3.8, 4) is 0 Å². The third-order valence-electron chi connectivity index (χ3n) is 3.52. The van der Waals surface area contributed by atoms with Gasteiger partial charge in [-0.3, -0.25) is 10.1 Å². The number of urea groups is 1. The van der Waals surface area contributed by atoms with Gasteiger partial charge in [-0.1, -0.05) is 26.2 Å². The molecule has 1 aliphatic carbocycles. The van der Waals surface area contributed by atoms with Crippen LogP contribution in [0.15, 0.2) is 0 Å². The smallest absolute Gasteiger partial charge is 0.318 e. The molecule has 0 aromatic carbocycles. The Balaban J connectivity index is 2.07. The molecule has 0 saturated heterocycles. The van der Waals surface area contributed by atoms with Crippen molar-refractivity contribution in [3.63, 3.8) is 0 Å². The zero-order valence-electron chi connectivity index (χ0n) is 10.5. The maximum absolute atomic E-state index is 11.1. The van der Waals surface area contributed by atoms with Gasteiger partial charge >= 0.3 is 6.03 Å². The number of carbonyl (C=O) groups excluding carboxylic acids is 2. The van der Waals surface area contributed by atoms with Gasteiger partial charge in [0.1, 0.15) is 0 Å². The minimum Gasteiger partial charge on any atom is -0.351 e. The lowest BCUT2D eigenvalue weighted by atomic mass is 9.81. The van der Waals surface area contributed by atoms with Crippen LogP contribution < -0.4 is 16.4 Å². The fourth-order valence-corrected chi connectivity index (χ4v) is 2.42. The molecule has 98 valence electrons. The van der Waals surface area contributed by atoms with Crippen LogP contribution in [-0.4, -0.2) is 25.0 Å². The van der Waals surface area contributed by atoms with Crippen molar-refractivity contribution in [3.05, 3.63) is 0 Å². The van der Waals surface area contributed by atoms with E-state index in [0.29, 0.717) is 5.92 Å². The molecule has 5 heteroatoms. The predicted molar refractivity (Wildman–Crippen MR) is 66.3 cm³/mol. The van der Waals surface area contributed by atoms with Crippen LogP contribution in [0.2, 0.25) is 0 Å². The summed E-state index contributed by atoms with van der Waals surface area (Å²) in [6.07, 6.45) is 6.36. The highest BCUT2D eigenvalue weighted by molar-refractivity contribution is 5.94. The molecule has 0 radical (unpaired) electrons. The van der Waals surface area contributed by atoms with Crippen LogP contribution in [0.25, 0.3) is 0 Å². The highest BCUT2D eigenvalue weighted by Gasteiger charge is 2.19. The molecule has 0 aromatic heterocycles. The van der Waals surface area contributed by atoms with E-state index in [0.717, 1.165) is 12.5 Å². The van der Waals surface area contributed by atoms with Crippen molar-refractivity contribution in [2.45, 2.75) is 39.0 Å². The van der Waals surface area contributed by atoms with Gasteiger partial charge in [0, 0.05) is 0 Å². The summed E-state index contributed by atoms with van der Waals surface area (Å²) < 4.78 is 0. The molecular formula is C12H23N3O2. The summed E-state index contributed by atoms with van der Waals surface area (Å²) in [7, 11) is 0. The fourth-order valence-electron chi connectivity index (χ4n) is 2.42. The van der Waals surface area contributed by atoms with E-state index in [1.54, 1.807) is 0 Å². The van der Waals surface area contributed by atoms with E-state index in [1.807, 2.05) is 5.32 Å². The molecular weight excluding hydrogens is 218 g/mol. The number of nitrogens with two attached hydrogens (primary N) is 1. The maximum atomic E-state index is 11.1. The molecule has 3 amide bonds. The summed E-state index contributed by atoms with van der Waals surface area (Å²) in [6.45, 7) is 3.26. The van der Waals surface area contributed by atoms with Crippen molar-refractivity contribution >= 4 is 11.9 Å². The predicted octanol–water partition coefficient (Wildman–Crippen LogP) is 0.987. The van der Waals surface area contributed by atoms with Crippen molar-refractivity contribution in [1.29, 1.82) is 0 Å². The summed E-state index contributed by atoms with van der Waals surface area (Å²) in [6, 6.07) is -0.791. The number of amides is 3. The first-order valence-corrected chi connectivity index (χ1v) is 6.41. The Bertz CT molecular complexity index is 260. The number of rotatable bonds is 5. The van der Waals surface area contributed by atoms with Crippen LogP contribution in [0, 0.1) is 11.8 Å². The first kappa shape index (κ1) is 14.0. The second-order valence-electron chi connectivity index (χ2n) is 4.84. The van der Waals surface area contributed by atoms with Crippen LogP contribution >= 0.6 is 0 Å². The zero-order chi connectivity index (χ0) is 12.7. The molecule has 1 fully saturated rings. The van der Waals surface area contributed by atoms with Gasteiger partial charge in [0.15, 0.2) is 0 Å². The molecule has 0 heterocycles. The van der Waals surface area contributed by atoms with Gasteiger partial charge in [0.2, 0.25) is 5.91 Å². The average molecular weight is 241 g/mol. The fraction of sp³-hybridized carbons (Fsp3) is 0.833. The lowest BCUT2D eigenvalue weighted by molar-refractivity contribution is -0.119. The Labute approximate surface area is 103 Å². The largest absolute Gasteiger partial charge is 0.351 e. The van der Waals surface area contributed by atoms with Crippen molar-refractivity contribution in [2.75, 3.05) is 13.1 Å². The molecule has 0 bridgehead atoms. The molecule has 1 aliphatic rings. The summed E-state index contributed by atoms with van der Waals surface area (Å²) in [4.78, 5) is 21.5. The quantitative estimate of drug-likeness (QED) is 0.671. The van der Waals surface area contributed by atoms with E-state index in [-0.39, 0.29) is 12.5 Å². The Hall–Kier alpha value is -1.10. The van der Waals surface area contributed by atoms with Crippen molar-refractivity contribution in [2.24, 2.45) is 17.6 Å². The van der Waals surface area contributed by atoms with Gasteiger partial charge < -0.3 is 11.1 Å². The molecule has 5 nitrogen and oxygen atoms in total. The van der Waals surface area contributed by atoms with Crippen molar-refractivity contribution < 1.29 is 9.59 Å². The zero-order valence-corrected chi connectivity index (χ0v) is 10.5. The molecule has 0 atom stereocenters. The highest BCUT2D eigenvalue weighted by Crippen LogP contribution is 2.29. The van der Waals surface area contributed by atoms with Crippen molar-refractivity contribution in [1.82, 2.24) is 10.6 Å². The number of hydrogen-bond acceptors (Lipinski definition) is 3. The van der Waals surface area contributed by atoms with Crippen LogP contribution in [0.4, 0.5) is 4.79 Å². The van der Waals surface area contributed by atoms with E-state index >= 15 is 0 Å². The van der Waals surface area contributed by atoms with Crippen LogP contribution in [0.1, 0.15) is 39.0 Å². The first-order valence-electron chi connectivity index (χ1n) is 6.41. The molecule has 0 aliphatic heterocycles. The number of hydrogen-bond donors (Lipinski definition) is 3. The number of primary amides is 1. The third-order valence-corrected chi connectivity index (χ3v) is 3.52. The second kappa shape index (κ2) is 7.27. The lowest BCUT2D eigenvalue weighted by Crippen LogP contribution is -2.41. The van der Waals surface area contributed by atoms with E-state index in [2.05, 4.69) is 12.2 Å². The Morgan fingerprint density at radius 2 is 1.76 bits per heavy atom. The van der Waals surface area contributed by atoms with Crippen LogP contribution in [-0.2, 0) is 4.79 Å². The normalized spacial score (nSPS) is 24.3. The van der Waals surface area contributed by atoms with E-state index in [4.69, 9.17) is 5.73 Å². The monoisotopic (exact) mass is 241 g/mol. The van der Waals surface area contributed by atoms with Gasteiger partial charge in [-0.25, -0.2) is 4.79 Å². The van der Waals surface area contributed by atoms with Crippen LogP contribution in [0.3, 0.4) is 0 Å². The summed E-state index contributed by atoms with van der Waals surface area (Å²) >= 11 is 0. The third kappa shape index (κ3) is 5.68. The highest BCUT2D eigenvalue weighted by atomic mass is 16.2. The topological polar surface area (TPSA) is 84.2 Å². The minimum atomic E-state index is -0.791. The summed E-state index contributed by atoms with van der Waals surface area (Å²) in [5.74, 6) is 1.20. The van der Waals surface area contributed by atoms with Gasteiger partial charge in [-0.2, -0.15) is 0 Å². The van der Waals surface area contributed by atoms with Gasteiger partial charge in [0.05, 0.1) is 6.54 Å². The molecule has 0 unspecified atom stereocenters. The van der Waals surface area contributed by atoms with Gasteiger partial charge in [-0.15, -0.1) is 0 Å². The maximum Gasteiger partial charge on any atom is 0.318 e. The lowest BCUT2D eigenvalue weighted by Gasteiger charge is -2.27. The molecule has 17 heavy (non-hydrogen) atoms. The average Bonchev–Trinajstić information content (AvgIpc) is 2.29. The van der Waals surface area contributed by atoms with Gasteiger partial charge in [0.25, 0.3) is 0 Å². The van der Waals surface area contributed by atoms with E-state index < -0.39 is 6.03 Å². The number of imide groups is 1. The van der Waals surface area contributed by atoms with E-state index in [9.17, 15) is 9.59 Å². The molecule has 4 N–H and O–H groups in total. The SMILES string of the molecule is CCC1CCC(CNCC(=O)NC(N)=O)CC1. The summed E-state index contributed by atoms with van der Waals surface area (Å²) in [5.41, 5.74) is 4.84. The van der Waals surface area contributed by atoms with Crippen LogP contribution in [0.5, 0.6) is 0 Å². The minimum absolute atomic E-state index is 0.163. The standard InChI is InChI=1S/C12H23N3O2/c1-2-9-3-5-10(6-4-9)7-14-8-11(16)15-12(13)17/h9-10,14H,2-8H2,1H3,(H3,13,15,16,17). The Morgan fingerprint density at radius 1 is 1.18 bits per heavy atom. The second-order valence-corrected chi connectivity index (χ2v) is 4.84. The Morgan fingerprint density at radius 3 is 2.29 bits per heavy atom. The molecule has 1 saturated carbocycles. The number of nitrogens with one attached hydrogen (secondary N) is 2. The molecule has 1 rings (SSSR count). The molecule has 0 aromatic rings. The Kier molecular flexibility index (Phi) is 5.97. The first-order chi connectivity index (χ1) is 8.11. The molecule has 0 spiro atoms. The number of carbonyl (C=O) groups is 2.